The van der Waals surface area contributed by atoms with Crippen molar-refractivity contribution in [2.45, 2.75) is 19.3 Å². The molecule has 4 heteroatoms. The fourth-order valence-corrected chi connectivity index (χ4v) is 1.59. The number of rotatable bonds is 0. The largest absolute Gasteiger partial charge is 0.507 e. The van der Waals surface area contributed by atoms with Crippen LogP contribution in [0.15, 0.2) is 6.07 Å². The zero-order chi connectivity index (χ0) is 9.42. The third-order valence-corrected chi connectivity index (χ3v) is 2.16. The van der Waals surface area contributed by atoms with Crippen molar-refractivity contribution >= 4 is 5.78 Å². The molecule has 0 unspecified atom stereocenters. The maximum atomic E-state index is 11.3. The Morgan fingerprint density at radius 2 is 2.08 bits per heavy atom. The van der Waals surface area contributed by atoms with Crippen molar-refractivity contribution in [3.05, 3.63) is 17.3 Å². The van der Waals surface area contributed by atoms with Gasteiger partial charge in [-0.2, -0.15) is 0 Å². The maximum absolute atomic E-state index is 11.3. The van der Waals surface area contributed by atoms with Gasteiger partial charge in [-0.05, 0) is 12.8 Å². The van der Waals surface area contributed by atoms with Gasteiger partial charge in [0.05, 0.1) is 11.3 Å². The highest BCUT2D eigenvalue weighted by Gasteiger charge is 2.22. The Kier molecular flexibility index (Phi) is 1.69. The summed E-state index contributed by atoms with van der Waals surface area (Å²) in [4.78, 5) is 15.1. The molecule has 0 atom stereocenters. The Labute approximate surface area is 74.9 Å². The summed E-state index contributed by atoms with van der Waals surface area (Å²) in [5, 5.41) is 18.5. The molecule has 4 nitrogen and oxygen atoms in total. The molecule has 1 aromatic heterocycles. The van der Waals surface area contributed by atoms with Crippen LogP contribution in [-0.4, -0.2) is 21.0 Å². The lowest BCUT2D eigenvalue weighted by Gasteiger charge is -2.14. The van der Waals surface area contributed by atoms with Gasteiger partial charge in [-0.25, -0.2) is 4.98 Å². The number of aromatic hydroxyl groups is 2. The number of nitrogens with zero attached hydrogens (tertiary/aromatic N) is 1. The van der Waals surface area contributed by atoms with Crippen LogP contribution < -0.4 is 0 Å². The predicted molar refractivity (Wildman–Crippen MR) is 44.8 cm³/mol. The first-order chi connectivity index (χ1) is 6.18. The second kappa shape index (κ2) is 2.73. The minimum atomic E-state index is -0.231. The number of hydrogen-bond acceptors (Lipinski definition) is 4. The normalized spacial score (nSPS) is 15.5. The van der Waals surface area contributed by atoms with Gasteiger partial charge in [-0.15, -0.1) is 0 Å². The molecule has 0 amide bonds. The highest BCUT2D eigenvalue weighted by Crippen LogP contribution is 2.29. The van der Waals surface area contributed by atoms with E-state index in [1.807, 2.05) is 0 Å². The third kappa shape index (κ3) is 1.24. The number of carbonyl (C=O) groups excluding carboxylic acids is 1. The van der Waals surface area contributed by atoms with Gasteiger partial charge in [0.25, 0.3) is 0 Å². The lowest BCUT2D eigenvalue weighted by atomic mass is 9.94. The van der Waals surface area contributed by atoms with Crippen LogP contribution in [0.1, 0.15) is 28.9 Å². The third-order valence-electron chi connectivity index (χ3n) is 2.16. The van der Waals surface area contributed by atoms with E-state index in [1.165, 1.54) is 0 Å². The number of aryl methyl sites for hydroxylation is 1. The molecule has 0 aromatic carbocycles. The van der Waals surface area contributed by atoms with Crippen molar-refractivity contribution < 1.29 is 15.0 Å². The molecule has 2 rings (SSSR count). The zero-order valence-electron chi connectivity index (χ0n) is 6.95. The van der Waals surface area contributed by atoms with E-state index in [2.05, 4.69) is 4.98 Å². The van der Waals surface area contributed by atoms with Crippen LogP contribution in [0.4, 0.5) is 0 Å². The summed E-state index contributed by atoms with van der Waals surface area (Å²) in [7, 11) is 0. The summed E-state index contributed by atoms with van der Waals surface area (Å²) in [5.41, 5.74) is 0.790. The van der Waals surface area contributed by atoms with Crippen molar-refractivity contribution in [1.29, 1.82) is 0 Å². The molecule has 0 spiro atoms. The molecule has 2 N–H and O–H groups in total. The first kappa shape index (κ1) is 8.04. The summed E-state index contributed by atoms with van der Waals surface area (Å²) in [6, 6.07) is 1.10. The minimum Gasteiger partial charge on any atom is -0.507 e. The van der Waals surface area contributed by atoms with Crippen molar-refractivity contribution in [1.82, 2.24) is 4.98 Å². The Bertz CT molecular complexity index is 373. The number of ketones is 1. The van der Waals surface area contributed by atoms with Gasteiger partial charge < -0.3 is 10.2 Å². The molecule has 1 aromatic rings. The highest BCUT2D eigenvalue weighted by molar-refractivity contribution is 6.00. The van der Waals surface area contributed by atoms with E-state index in [0.29, 0.717) is 18.5 Å². The molecular formula is C9H9NO3. The van der Waals surface area contributed by atoms with E-state index in [4.69, 9.17) is 5.11 Å². The zero-order valence-corrected chi connectivity index (χ0v) is 6.95. The summed E-state index contributed by atoms with van der Waals surface area (Å²) < 4.78 is 0. The van der Waals surface area contributed by atoms with Crippen LogP contribution in [0.3, 0.4) is 0 Å². The van der Waals surface area contributed by atoms with Crippen molar-refractivity contribution in [3.63, 3.8) is 0 Å². The van der Waals surface area contributed by atoms with E-state index < -0.39 is 0 Å². The molecule has 0 saturated heterocycles. The molecule has 1 heterocycles. The van der Waals surface area contributed by atoms with Gasteiger partial charge in [-0.1, -0.05) is 0 Å². The standard InChI is InChI=1S/C9H9NO3/c11-6-3-1-2-5-9(6)7(12)4-8(13)10-5/h4H,1-3H2,(H2,10,12,13). The highest BCUT2D eigenvalue weighted by atomic mass is 16.3. The van der Waals surface area contributed by atoms with Crippen LogP contribution in [-0.2, 0) is 6.42 Å². The first-order valence-electron chi connectivity index (χ1n) is 4.13. The van der Waals surface area contributed by atoms with Gasteiger partial charge in [0.2, 0.25) is 5.88 Å². The number of Topliss-reactive ketones (excluding diaryl/α,β-unsaturated/α-hetero) is 1. The lowest BCUT2D eigenvalue weighted by molar-refractivity contribution is 0.0968. The molecule has 13 heavy (non-hydrogen) atoms. The first-order valence-corrected chi connectivity index (χ1v) is 4.13. The van der Waals surface area contributed by atoms with Crippen molar-refractivity contribution in [2.24, 2.45) is 0 Å². The van der Waals surface area contributed by atoms with Crippen LogP contribution in [0.25, 0.3) is 0 Å². The summed E-state index contributed by atoms with van der Waals surface area (Å²) in [6.07, 6.45) is 1.83. The lowest BCUT2D eigenvalue weighted by Crippen LogP contribution is -2.12. The summed E-state index contributed by atoms with van der Waals surface area (Å²) in [5.74, 6) is -0.482. The fraction of sp³-hybridized carbons (Fsp3) is 0.333. The molecular weight excluding hydrogens is 170 g/mol. The van der Waals surface area contributed by atoms with Crippen LogP contribution in [0, 0.1) is 0 Å². The molecule has 1 aliphatic rings. The van der Waals surface area contributed by atoms with Crippen LogP contribution in [0.5, 0.6) is 11.6 Å². The predicted octanol–water partition coefficient (Wildman–Crippen LogP) is 1.01. The average Bonchev–Trinajstić information content (AvgIpc) is 2.02. The van der Waals surface area contributed by atoms with Gasteiger partial charge in [0, 0.05) is 12.5 Å². The SMILES string of the molecule is O=C1CCCc2nc(O)cc(O)c21. The van der Waals surface area contributed by atoms with Crippen molar-refractivity contribution in [2.75, 3.05) is 0 Å². The molecule has 0 saturated carbocycles. The number of pyridine rings is 1. The fourth-order valence-electron chi connectivity index (χ4n) is 1.59. The van der Waals surface area contributed by atoms with E-state index >= 15 is 0 Å². The second-order valence-electron chi connectivity index (χ2n) is 3.10. The summed E-state index contributed by atoms with van der Waals surface area (Å²) >= 11 is 0. The number of carbonyl (C=O) groups is 1. The Morgan fingerprint density at radius 3 is 2.85 bits per heavy atom. The molecule has 0 fully saturated rings. The molecule has 0 bridgehead atoms. The van der Waals surface area contributed by atoms with Gasteiger partial charge in [0.1, 0.15) is 5.75 Å². The van der Waals surface area contributed by atoms with Gasteiger partial charge in [0.15, 0.2) is 5.78 Å². The molecule has 1 aliphatic carbocycles. The Balaban J connectivity index is 2.63. The quantitative estimate of drug-likeness (QED) is 0.623. The van der Waals surface area contributed by atoms with Crippen LogP contribution >= 0.6 is 0 Å². The van der Waals surface area contributed by atoms with Crippen molar-refractivity contribution in [3.8, 4) is 11.6 Å². The topological polar surface area (TPSA) is 70.4 Å². The average molecular weight is 179 g/mol. The molecule has 0 aliphatic heterocycles. The van der Waals surface area contributed by atoms with E-state index in [0.717, 1.165) is 12.5 Å². The van der Waals surface area contributed by atoms with E-state index in [-0.39, 0.29) is 23.0 Å². The number of fused-ring (bicyclic) bond motifs is 1. The molecule has 68 valence electrons. The summed E-state index contributed by atoms with van der Waals surface area (Å²) in [6.45, 7) is 0. The Hall–Kier alpha value is -1.58. The number of aromatic nitrogens is 1. The Morgan fingerprint density at radius 1 is 1.31 bits per heavy atom. The molecule has 0 radical (unpaired) electrons. The van der Waals surface area contributed by atoms with Crippen LogP contribution in [0.2, 0.25) is 0 Å². The second-order valence-corrected chi connectivity index (χ2v) is 3.10. The van der Waals surface area contributed by atoms with Gasteiger partial charge >= 0.3 is 0 Å². The van der Waals surface area contributed by atoms with Gasteiger partial charge in [-0.3, -0.25) is 4.79 Å². The maximum Gasteiger partial charge on any atom is 0.214 e. The van der Waals surface area contributed by atoms with E-state index in [9.17, 15) is 9.90 Å². The van der Waals surface area contributed by atoms with E-state index in [1.54, 1.807) is 0 Å². The minimum absolute atomic E-state index is 0.0914. The smallest absolute Gasteiger partial charge is 0.214 e. The number of hydrogen-bond donors (Lipinski definition) is 2. The monoisotopic (exact) mass is 179 g/mol.